The Morgan fingerprint density at radius 2 is 2.33 bits per heavy atom. The van der Waals surface area contributed by atoms with Crippen molar-refractivity contribution in [2.75, 3.05) is 19.6 Å². The summed E-state index contributed by atoms with van der Waals surface area (Å²) in [6, 6.07) is 6.23. The number of fused-ring (bicyclic) bond motifs is 1. The highest BCUT2D eigenvalue weighted by Crippen LogP contribution is 2.26. The van der Waals surface area contributed by atoms with Crippen molar-refractivity contribution >= 4 is 27.0 Å². The van der Waals surface area contributed by atoms with Crippen LogP contribution in [-0.2, 0) is 0 Å². The fourth-order valence-corrected chi connectivity index (χ4v) is 3.24. The van der Waals surface area contributed by atoms with Crippen LogP contribution in [-0.4, -0.2) is 34.1 Å². The fourth-order valence-electron chi connectivity index (χ4n) is 2.79. The number of benzene rings is 1. The minimum atomic E-state index is -0.000136. The lowest BCUT2D eigenvalue weighted by Gasteiger charge is -2.14. The van der Waals surface area contributed by atoms with E-state index in [1.54, 1.807) is 0 Å². The summed E-state index contributed by atoms with van der Waals surface area (Å²) in [5.41, 5.74) is 1.90. The number of aromatic nitrogens is 2. The van der Waals surface area contributed by atoms with Crippen LogP contribution in [0.25, 0.3) is 11.0 Å². The normalized spacial score (nSPS) is 20.9. The number of para-hydroxylation sites is 1. The topological polar surface area (TPSA) is 41.0 Å². The van der Waals surface area contributed by atoms with Crippen LogP contribution in [0, 0.1) is 0 Å². The van der Waals surface area contributed by atoms with Gasteiger partial charge in [0.1, 0.15) is 0 Å². The van der Waals surface area contributed by atoms with Crippen molar-refractivity contribution in [1.82, 2.24) is 14.5 Å². The monoisotopic (exact) mass is 309 g/mol. The molecule has 0 saturated carbocycles. The molecule has 1 saturated heterocycles. The molecule has 1 unspecified atom stereocenters. The molecule has 0 amide bonds. The van der Waals surface area contributed by atoms with Gasteiger partial charge in [-0.2, -0.15) is 0 Å². The highest BCUT2D eigenvalue weighted by atomic mass is 79.9. The summed E-state index contributed by atoms with van der Waals surface area (Å²) >= 11 is 3.48. The molecule has 0 aliphatic carbocycles. The van der Waals surface area contributed by atoms with Crippen LogP contribution in [0.1, 0.15) is 19.4 Å². The van der Waals surface area contributed by atoms with Crippen molar-refractivity contribution < 1.29 is 0 Å². The maximum absolute atomic E-state index is 12.1. The first-order valence-corrected chi connectivity index (χ1v) is 7.11. The van der Waals surface area contributed by atoms with Crippen molar-refractivity contribution in [3.05, 3.63) is 33.2 Å². The van der Waals surface area contributed by atoms with Gasteiger partial charge in [0.25, 0.3) is 0 Å². The zero-order chi connectivity index (χ0) is 12.7. The van der Waals surface area contributed by atoms with Crippen molar-refractivity contribution in [1.29, 1.82) is 0 Å². The molecule has 96 valence electrons. The van der Waals surface area contributed by atoms with Crippen LogP contribution >= 0.6 is 15.9 Å². The summed E-state index contributed by atoms with van der Waals surface area (Å²) in [6.45, 7) is 5.26. The Labute approximate surface area is 114 Å². The van der Waals surface area contributed by atoms with E-state index in [2.05, 4.69) is 32.7 Å². The molecule has 1 aromatic carbocycles. The molecular formula is C13H16BrN3O. The average molecular weight is 310 g/mol. The molecule has 0 bridgehead atoms. The summed E-state index contributed by atoms with van der Waals surface area (Å²) in [6.07, 6.45) is 1.05. The average Bonchev–Trinajstić information content (AvgIpc) is 2.93. The van der Waals surface area contributed by atoms with E-state index in [-0.39, 0.29) is 5.69 Å². The largest absolute Gasteiger partial charge is 0.326 e. The van der Waals surface area contributed by atoms with Crippen LogP contribution in [0.2, 0.25) is 0 Å². The molecule has 0 spiro atoms. The number of rotatable bonds is 2. The van der Waals surface area contributed by atoms with E-state index in [1.807, 2.05) is 22.8 Å². The molecule has 2 aromatic rings. The minimum absolute atomic E-state index is 0.000136. The number of nitrogens with one attached hydrogen (secondary N) is 1. The lowest BCUT2D eigenvalue weighted by atomic mass is 10.2. The third kappa shape index (κ3) is 1.82. The zero-order valence-electron chi connectivity index (χ0n) is 10.3. The van der Waals surface area contributed by atoms with Crippen molar-refractivity contribution in [2.24, 2.45) is 0 Å². The van der Waals surface area contributed by atoms with E-state index in [0.29, 0.717) is 6.04 Å². The Balaban J connectivity index is 2.10. The third-order valence-electron chi connectivity index (χ3n) is 3.76. The molecule has 1 aliphatic heterocycles. The van der Waals surface area contributed by atoms with Gasteiger partial charge >= 0.3 is 5.69 Å². The van der Waals surface area contributed by atoms with Gasteiger partial charge in [-0.05, 0) is 41.0 Å². The number of aromatic amines is 1. The predicted molar refractivity (Wildman–Crippen MR) is 76.0 cm³/mol. The molecule has 4 nitrogen and oxygen atoms in total. The number of imidazole rings is 1. The number of halogens is 1. The Kier molecular flexibility index (Phi) is 3.03. The van der Waals surface area contributed by atoms with Gasteiger partial charge in [-0.25, -0.2) is 4.79 Å². The molecule has 2 heterocycles. The summed E-state index contributed by atoms with van der Waals surface area (Å²) in [5, 5.41) is 0. The quantitative estimate of drug-likeness (QED) is 0.925. The molecule has 1 atom stereocenters. The molecule has 0 radical (unpaired) electrons. The molecule has 1 N–H and O–H groups in total. The highest BCUT2D eigenvalue weighted by molar-refractivity contribution is 9.10. The second kappa shape index (κ2) is 4.55. The standard InChI is InChI=1S/C13H16BrN3O/c1-2-16-7-6-9(8-16)17-11-5-3-4-10(14)12(11)15-13(17)18/h3-5,9H,2,6-8H2,1H3,(H,15,18). The van der Waals surface area contributed by atoms with Gasteiger partial charge in [-0.15, -0.1) is 0 Å². The Bertz CT molecular complexity index is 631. The first kappa shape index (κ1) is 12.0. The minimum Gasteiger partial charge on any atom is -0.305 e. The van der Waals surface area contributed by atoms with Crippen LogP contribution in [0.15, 0.2) is 27.5 Å². The second-order valence-electron chi connectivity index (χ2n) is 4.77. The third-order valence-corrected chi connectivity index (χ3v) is 4.42. The fraction of sp³-hybridized carbons (Fsp3) is 0.462. The molecule has 5 heteroatoms. The van der Waals surface area contributed by atoms with E-state index in [4.69, 9.17) is 0 Å². The summed E-state index contributed by atoms with van der Waals surface area (Å²) in [5.74, 6) is 0. The lowest BCUT2D eigenvalue weighted by Crippen LogP contribution is -2.26. The smallest absolute Gasteiger partial charge is 0.305 e. The molecular weight excluding hydrogens is 294 g/mol. The lowest BCUT2D eigenvalue weighted by molar-refractivity contribution is 0.341. The number of H-pyrrole nitrogens is 1. The van der Waals surface area contributed by atoms with E-state index >= 15 is 0 Å². The number of likely N-dealkylation sites (N-methyl/N-ethyl adjacent to an activating group) is 1. The van der Waals surface area contributed by atoms with E-state index < -0.39 is 0 Å². The van der Waals surface area contributed by atoms with Gasteiger partial charge in [0.15, 0.2) is 0 Å². The van der Waals surface area contributed by atoms with Gasteiger partial charge < -0.3 is 9.88 Å². The summed E-state index contributed by atoms with van der Waals surface area (Å²) in [4.78, 5) is 17.5. The maximum atomic E-state index is 12.1. The zero-order valence-corrected chi connectivity index (χ0v) is 11.9. The Morgan fingerprint density at radius 3 is 3.06 bits per heavy atom. The molecule has 1 aliphatic rings. The van der Waals surface area contributed by atoms with E-state index in [1.165, 1.54) is 0 Å². The summed E-state index contributed by atoms with van der Waals surface area (Å²) in [7, 11) is 0. The first-order chi connectivity index (χ1) is 8.70. The first-order valence-electron chi connectivity index (χ1n) is 6.31. The number of hydrogen-bond donors (Lipinski definition) is 1. The van der Waals surface area contributed by atoms with Gasteiger partial charge in [-0.1, -0.05) is 13.0 Å². The van der Waals surface area contributed by atoms with Crippen LogP contribution < -0.4 is 5.69 Å². The van der Waals surface area contributed by atoms with Crippen molar-refractivity contribution in [3.8, 4) is 0 Å². The summed E-state index contributed by atoms with van der Waals surface area (Å²) < 4.78 is 2.86. The van der Waals surface area contributed by atoms with Crippen LogP contribution in [0.3, 0.4) is 0 Å². The van der Waals surface area contributed by atoms with Gasteiger partial charge in [0.2, 0.25) is 0 Å². The van der Waals surface area contributed by atoms with E-state index in [9.17, 15) is 4.79 Å². The number of likely N-dealkylation sites (tertiary alicyclic amines) is 1. The number of nitrogens with zero attached hydrogens (tertiary/aromatic N) is 2. The Morgan fingerprint density at radius 1 is 1.50 bits per heavy atom. The van der Waals surface area contributed by atoms with Crippen molar-refractivity contribution in [2.45, 2.75) is 19.4 Å². The van der Waals surface area contributed by atoms with Crippen LogP contribution in [0.5, 0.6) is 0 Å². The predicted octanol–water partition coefficient (Wildman–Crippen LogP) is 2.36. The van der Waals surface area contributed by atoms with E-state index in [0.717, 1.165) is 41.6 Å². The number of hydrogen-bond acceptors (Lipinski definition) is 2. The molecule has 1 fully saturated rings. The molecule has 3 rings (SSSR count). The van der Waals surface area contributed by atoms with Crippen molar-refractivity contribution in [3.63, 3.8) is 0 Å². The van der Waals surface area contributed by atoms with Gasteiger partial charge in [0, 0.05) is 17.6 Å². The Hall–Kier alpha value is -1.07. The van der Waals surface area contributed by atoms with Crippen LogP contribution in [0.4, 0.5) is 0 Å². The SMILES string of the molecule is CCN1CCC(n2c(=O)[nH]c3c(Br)cccc32)C1. The molecule has 18 heavy (non-hydrogen) atoms. The van der Waals surface area contributed by atoms with Gasteiger partial charge in [-0.3, -0.25) is 4.57 Å². The van der Waals surface area contributed by atoms with Gasteiger partial charge in [0.05, 0.1) is 17.1 Å². The molecule has 1 aromatic heterocycles. The second-order valence-corrected chi connectivity index (χ2v) is 5.62. The highest BCUT2D eigenvalue weighted by Gasteiger charge is 2.25. The maximum Gasteiger partial charge on any atom is 0.326 e.